The zero-order chi connectivity index (χ0) is 23.0. The van der Waals surface area contributed by atoms with Crippen molar-refractivity contribution in [2.75, 3.05) is 18.4 Å². The molecule has 3 heterocycles. The Kier molecular flexibility index (Phi) is 6.07. The number of para-hydroxylation sites is 1. The number of thiophene rings is 1. The summed E-state index contributed by atoms with van der Waals surface area (Å²) in [7, 11) is -3.71. The van der Waals surface area contributed by atoms with Crippen LogP contribution in [0.4, 0.5) is 5.69 Å². The van der Waals surface area contributed by atoms with Gasteiger partial charge in [0, 0.05) is 35.6 Å². The van der Waals surface area contributed by atoms with Gasteiger partial charge in [-0.1, -0.05) is 29.8 Å². The first-order chi connectivity index (χ1) is 15.9. The van der Waals surface area contributed by atoms with Crippen LogP contribution in [0, 0.1) is 12.8 Å². The third-order valence-corrected chi connectivity index (χ3v) is 9.76. The molecule has 174 valence electrons. The Morgan fingerprint density at radius 2 is 2.03 bits per heavy atom. The van der Waals surface area contributed by atoms with Gasteiger partial charge in [-0.05, 0) is 50.3 Å². The van der Waals surface area contributed by atoms with E-state index in [1.54, 1.807) is 11.4 Å². The smallest absolute Gasteiger partial charge is 0.252 e. The van der Waals surface area contributed by atoms with Crippen LogP contribution in [0.15, 0.2) is 44.4 Å². The van der Waals surface area contributed by atoms with Gasteiger partial charge in [0.15, 0.2) is 0 Å². The number of amides is 1. The molecule has 0 radical (unpaired) electrons. The van der Waals surface area contributed by atoms with Gasteiger partial charge >= 0.3 is 0 Å². The van der Waals surface area contributed by atoms with Crippen molar-refractivity contribution >= 4 is 33.0 Å². The van der Waals surface area contributed by atoms with E-state index in [0.717, 1.165) is 35.4 Å². The number of piperidine rings is 1. The fourth-order valence-electron chi connectivity index (χ4n) is 4.19. The number of anilines is 1. The normalized spacial score (nSPS) is 19.8. The highest BCUT2D eigenvalue weighted by Gasteiger charge is 2.34. The van der Waals surface area contributed by atoms with Gasteiger partial charge in [-0.15, -0.1) is 11.3 Å². The highest BCUT2D eigenvalue weighted by Crippen LogP contribution is 2.37. The zero-order valence-corrected chi connectivity index (χ0v) is 20.0. The minimum atomic E-state index is -3.71. The summed E-state index contributed by atoms with van der Waals surface area (Å²) in [5, 5.41) is 8.74. The molecule has 5 rings (SSSR count). The average Bonchev–Trinajstić information content (AvgIpc) is 3.44. The van der Waals surface area contributed by atoms with Crippen LogP contribution in [0.3, 0.4) is 0 Å². The molecule has 0 spiro atoms. The fraction of sp³-hybridized carbons (Fsp3) is 0.435. The average molecular weight is 487 g/mol. The Labute approximate surface area is 197 Å². The second-order valence-electron chi connectivity index (χ2n) is 8.74. The number of sulfonamides is 1. The van der Waals surface area contributed by atoms with Crippen molar-refractivity contribution in [3.63, 3.8) is 0 Å². The molecular formula is C23H26N4O4S2. The van der Waals surface area contributed by atoms with E-state index in [2.05, 4.69) is 15.5 Å². The number of aryl methyl sites for hydroxylation is 1. The third kappa shape index (κ3) is 4.47. The lowest BCUT2D eigenvalue weighted by Gasteiger charge is -2.30. The fourth-order valence-corrected chi connectivity index (χ4v) is 7.03. The molecule has 1 N–H and O–H groups in total. The minimum Gasteiger partial charge on any atom is -0.339 e. The molecule has 1 saturated carbocycles. The number of rotatable bonds is 6. The van der Waals surface area contributed by atoms with E-state index in [1.165, 1.54) is 10.7 Å². The Morgan fingerprint density at radius 1 is 1.21 bits per heavy atom. The summed E-state index contributed by atoms with van der Waals surface area (Å²) in [5.74, 6) is 0.833. The number of hydrogen-bond acceptors (Lipinski definition) is 7. The van der Waals surface area contributed by atoms with Crippen LogP contribution in [-0.4, -0.2) is 41.9 Å². The second kappa shape index (κ2) is 9.00. The van der Waals surface area contributed by atoms with Gasteiger partial charge in [0.25, 0.3) is 10.0 Å². The van der Waals surface area contributed by atoms with Crippen molar-refractivity contribution in [2.45, 2.75) is 49.2 Å². The topological polar surface area (TPSA) is 105 Å². The standard InChI is InChI=1S/C23H26N4O4S2/c1-15-6-2-3-10-19(15)24-22(28)17-9-5-11-27(13-17)33(29,30)20-12-18(14-32-20)21-25-23(31-26-21)16-7-4-8-16/h2-3,6,10,12,14,16-17H,4-5,7-9,11,13H2,1H3,(H,24,28). The van der Waals surface area contributed by atoms with E-state index in [-0.39, 0.29) is 16.7 Å². The summed E-state index contributed by atoms with van der Waals surface area (Å²) < 4.78 is 33.7. The number of aromatic nitrogens is 2. The molecule has 1 unspecified atom stereocenters. The van der Waals surface area contributed by atoms with E-state index in [4.69, 9.17) is 4.52 Å². The van der Waals surface area contributed by atoms with Crippen LogP contribution in [0.1, 0.15) is 49.5 Å². The second-order valence-corrected chi connectivity index (χ2v) is 11.8. The predicted octanol–water partition coefficient (Wildman–Crippen LogP) is 4.41. The molecule has 8 nitrogen and oxygen atoms in total. The van der Waals surface area contributed by atoms with Crippen LogP contribution in [0.5, 0.6) is 0 Å². The van der Waals surface area contributed by atoms with E-state index in [9.17, 15) is 13.2 Å². The lowest BCUT2D eigenvalue weighted by atomic mass is 9.85. The monoisotopic (exact) mass is 486 g/mol. The van der Waals surface area contributed by atoms with Crippen molar-refractivity contribution < 1.29 is 17.7 Å². The van der Waals surface area contributed by atoms with Crippen molar-refractivity contribution in [2.24, 2.45) is 5.92 Å². The Bertz CT molecular complexity index is 1260. The lowest BCUT2D eigenvalue weighted by molar-refractivity contribution is -0.120. The largest absolute Gasteiger partial charge is 0.339 e. The SMILES string of the molecule is Cc1ccccc1NC(=O)C1CCCN(S(=O)(=O)c2cc(-c3noc(C4CCC4)n3)cs2)C1. The van der Waals surface area contributed by atoms with Gasteiger partial charge in [-0.2, -0.15) is 9.29 Å². The van der Waals surface area contributed by atoms with Crippen molar-refractivity contribution in [3.8, 4) is 11.4 Å². The molecule has 0 bridgehead atoms. The predicted molar refractivity (Wildman–Crippen MR) is 125 cm³/mol. The molecular weight excluding hydrogens is 460 g/mol. The van der Waals surface area contributed by atoms with Crippen molar-refractivity contribution in [3.05, 3.63) is 47.2 Å². The Morgan fingerprint density at radius 3 is 2.79 bits per heavy atom. The summed E-state index contributed by atoms with van der Waals surface area (Å²) in [6, 6.07) is 9.17. The molecule has 2 aromatic heterocycles. The Balaban J connectivity index is 1.29. The molecule has 1 aliphatic heterocycles. The van der Waals surface area contributed by atoms with E-state index < -0.39 is 15.9 Å². The molecule has 2 fully saturated rings. The molecule has 1 saturated heterocycles. The van der Waals surface area contributed by atoms with Gasteiger partial charge in [-0.3, -0.25) is 4.79 Å². The molecule has 1 atom stereocenters. The first-order valence-corrected chi connectivity index (χ1v) is 13.5. The van der Waals surface area contributed by atoms with Crippen LogP contribution in [0.2, 0.25) is 0 Å². The molecule has 1 aliphatic carbocycles. The number of hydrogen-bond donors (Lipinski definition) is 1. The maximum absolute atomic E-state index is 13.3. The van der Waals surface area contributed by atoms with Gasteiger partial charge in [0.2, 0.25) is 17.6 Å². The van der Waals surface area contributed by atoms with E-state index in [0.29, 0.717) is 42.6 Å². The summed E-state index contributed by atoms with van der Waals surface area (Å²) in [4.78, 5) is 17.3. The van der Waals surface area contributed by atoms with Crippen molar-refractivity contribution in [1.29, 1.82) is 0 Å². The minimum absolute atomic E-state index is 0.147. The third-order valence-electron chi connectivity index (χ3n) is 6.48. The van der Waals surface area contributed by atoms with Crippen LogP contribution >= 0.6 is 11.3 Å². The van der Waals surface area contributed by atoms with Gasteiger partial charge in [0.05, 0.1) is 5.92 Å². The first kappa shape index (κ1) is 22.2. The summed E-state index contributed by atoms with van der Waals surface area (Å²) in [6.45, 7) is 2.50. The van der Waals surface area contributed by atoms with E-state index >= 15 is 0 Å². The van der Waals surface area contributed by atoms with Crippen molar-refractivity contribution in [1.82, 2.24) is 14.4 Å². The van der Waals surface area contributed by atoms with Crippen LogP contribution in [0.25, 0.3) is 11.4 Å². The maximum atomic E-state index is 13.3. The molecule has 2 aliphatic rings. The number of nitrogens with zero attached hydrogens (tertiary/aromatic N) is 3. The van der Waals surface area contributed by atoms with E-state index in [1.807, 2.05) is 31.2 Å². The Hall–Kier alpha value is -2.56. The summed E-state index contributed by atoms with van der Waals surface area (Å²) in [6.07, 6.45) is 4.57. The molecule has 3 aromatic rings. The number of carbonyl (C=O) groups is 1. The number of carbonyl (C=O) groups excluding carboxylic acids is 1. The van der Waals surface area contributed by atoms with Gasteiger partial charge in [0.1, 0.15) is 4.21 Å². The molecule has 1 amide bonds. The van der Waals surface area contributed by atoms with Gasteiger partial charge < -0.3 is 9.84 Å². The zero-order valence-electron chi connectivity index (χ0n) is 18.4. The highest BCUT2D eigenvalue weighted by molar-refractivity contribution is 7.91. The highest BCUT2D eigenvalue weighted by atomic mass is 32.2. The van der Waals surface area contributed by atoms with Crippen LogP contribution in [-0.2, 0) is 14.8 Å². The molecule has 10 heteroatoms. The van der Waals surface area contributed by atoms with Crippen LogP contribution < -0.4 is 5.32 Å². The maximum Gasteiger partial charge on any atom is 0.252 e. The number of nitrogens with one attached hydrogen (secondary N) is 1. The first-order valence-electron chi connectivity index (χ1n) is 11.2. The molecule has 33 heavy (non-hydrogen) atoms. The summed E-state index contributed by atoms with van der Waals surface area (Å²) in [5.41, 5.74) is 2.37. The number of benzene rings is 1. The van der Waals surface area contributed by atoms with Gasteiger partial charge in [-0.25, -0.2) is 8.42 Å². The summed E-state index contributed by atoms with van der Waals surface area (Å²) >= 11 is 1.14. The quantitative estimate of drug-likeness (QED) is 0.553. The molecule has 1 aromatic carbocycles. The lowest BCUT2D eigenvalue weighted by Crippen LogP contribution is -2.43.